The second kappa shape index (κ2) is 9.49. The van der Waals surface area contributed by atoms with Gasteiger partial charge in [-0.3, -0.25) is 14.0 Å². The molecule has 1 aliphatic rings. The molecule has 5 rings (SSSR count). The van der Waals surface area contributed by atoms with Gasteiger partial charge < -0.3 is 4.90 Å². The molecule has 7 nitrogen and oxygen atoms in total. The molecule has 1 fully saturated rings. The summed E-state index contributed by atoms with van der Waals surface area (Å²) < 4.78 is 3.55. The van der Waals surface area contributed by atoms with Crippen LogP contribution < -0.4 is 5.56 Å². The van der Waals surface area contributed by atoms with Gasteiger partial charge in [-0.1, -0.05) is 48.5 Å². The molecule has 3 heterocycles. The van der Waals surface area contributed by atoms with Crippen molar-refractivity contribution in [1.29, 1.82) is 0 Å². The molecule has 8 heteroatoms. The molecule has 2 unspecified atom stereocenters. The van der Waals surface area contributed by atoms with E-state index in [-0.39, 0.29) is 16.7 Å². The van der Waals surface area contributed by atoms with E-state index >= 15 is 0 Å². The molecule has 0 saturated carbocycles. The second-order valence-corrected chi connectivity index (χ2v) is 10.7. The van der Waals surface area contributed by atoms with Gasteiger partial charge in [-0.25, -0.2) is 4.57 Å². The molecule has 0 aliphatic carbocycles. The molecule has 1 saturated heterocycles. The summed E-state index contributed by atoms with van der Waals surface area (Å²) in [5.74, 6) is 0.595. The highest BCUT2D eigenvalue weighted by atomic mass is 32.2. The smallest absolute Gasteiger partial charge is 0.267 e. The summed E-state index contributed by atoms with van der Waals surface area (Å²) in [5.41, 5.74) is 3.51. The number of thioether (sulfide) groups is 1. The van der Waals surface area contributed by atoms with Gasteiger partial charge in [-0.2, -0.15) is 0 Å². The normalized spacial score (nSPS) is 17.3. The summed E-state index contributed by atoms with van der Waals surface area (Å²) >= 11 is 1.41. The third-order valence-electron chi connectivity index (χ3n) is 7.00. The fourth-order valence-corrected chi connectivity index (χ4v) is 6.11. The number of carbonyl (C=O) groups excluding carboxylic acids is 1. The summed E-state index contributed by atoms with van der Waals surface area (Å²) in [6.07, 6.45) is 4.28. The Morgan fingerprint density at radius 3 is 2.71 bits per heavy atom. The van der Waals surface area contributed by atoms with Crippen molar-refractivity contribution in [3.8, 4) is 5.69 Å². The number of para-hydroxylation sites is 1. The summed E-state index contributed by atoms with van der Waals surface area (Å²) in [7, 11) is 0. The quantitative estimate of drug-likeness (QED) is 0.372. The van der Waals surface area contributed by atoms with Crippen molar-refractivity contribution in [2.45, 2.75) is 69.8 Å². The molecular formula is C27H31N5O2S. The molecule has 35 heavy (non-hydrogen) atoms. The topological polar surface area (TPSA) is 72.5 Å². The fourth-order valence-electron chi connectivity index (χ4n) is 5.19. The highest BCUT2D eigenvalue weighted by molar-refractivity contribution is 8.00. The number of carbonyl (C=O) groups is 1. The van der Waals surface area contributed by atoms with Gasteiger partial charge in [0.2, 0.25) is 11.7 Å². The minimum atomic E-state index is -0.310. The number of hydrogen-bond donors (Lipinski definition) is 0. The van der Waals surface area contributed by atoms with Gasteiger partial charge in [-0.15, -0.1) is 10.2 Å². The predicted molar refractivity (Wildman–Crippen MR) is 141 cm³/mol. The Morgan fingerprint density at radius 2 is 1.94 bits per heavy atom. The fraction of sp³-hybridized carbons (Fsp3) is 0.407. The van der Waals surface area contributed by atoms with Crippen molar-refractivity contribution in [2.75, 3.05) is 6.54 Å². The van der Waals surface area contributed by atoms with Crippen LogP contribution in [-0.4, -0.2) is 47.8 Å². The summed E-state index contributed by atoms with van der Waals surface area (Å²) in [6, 6.07) is 13.8. The largest absolute Gasteiger partial charge is 0.339 e. The van der Waals surface area contributed by atoms with E-state index in [1.165, 1.54) is 18.2 Å². The molecule has 0 spiro atoms. The third kappa shape index (κ3) is 4.14. The van der Waals surface area contributed by atoms with Gasteiger partial charge in [0.1, 0.15) is 0 Å². The molecule has 0 bridgehead atoms. The lowest BCUT2D eigenvalue weighted by molar-refractivity contribution is -0.134. The van der Waals surface area contributed by atoms with Crippen LogP contribution in [0.4, 0.5) is 0 Å². The number of likely N-dealkylation sites (tertiary alicyclic amines) is 1. The van der Waals surface area contributed by atoms with Crippen LogP contribution in [0.5, 0.6) is 0 Å². The molecule has 2 atom stereocenters. The van der Waals surface area contributed by atoms with Crippen LogP contribution in [0.1, 0.15) is 50.7 Å². The van der Waals surface area contributed by atoms with Crippen LogP contribution in [0.15, 0.2) is 52.4 Å². The molecule has 4 aromatic rings. The first-order chi connectivity index (χ1) is 16.9. The zero-order valence-corrected chi connectivity index (χ0v) is 21.5. The molecular weight excluding hydrogens is 458 g/mol. The number of fused-ring (bicyclic) bond motifs is 3. The Labute approximate surface area is 209 Å². The SMILES string of the molecule is CCC1CCCCN1C(=O)C(C)Sc1nnc2n(-c3ccc(C)cc3C)c(=O)c3ccccc3n12. The second-order valence-electron chi connectivity index (χ2n) is 9.42. The first-order valence-electron chi connectivity index (χ1n) is 12.3. The van der Waals surface area contributed by atoms with Crippen molar-refractivity contribution in [3.05, 3.63) is 63.9 Å². The highest BCUT2D eigenvalue weighted by Crippen LogP contribution is 2.29. The van der Waals surface area contributed by atoms with Crippen molar-refractivity contribution in [1.82, 2.24) is 24.1 Å². The lowest BCUT2D eigenvalue weighted by Crippen LogP contribution is -2.46. The maximum Gasteiger partial charge on any atom is 0.267 e. The first-order valence-corrected chi connectivity index (χ1v) is 13.2. The Morgan fingerprint density at radius 1 is 1.14 bits per heavy atom. The minimum absolute atomic E-state index is 0.132. The Bertz CT molecular complexity index is 1470. The Hall–Kier alpha value is -3.13. The maximum atomic E-state index is 13.6. The number of amides is 1. The van der Waals surface area contributed by atoms with Gasteiger partial charge in [-0.05, 0) is 70.2 Å². The number of benzene rings is 2. The van der Waals surface area contributed by atoms with E-state index in [0.717, 1.165) is 48.1 Å². The minimum Gasteiger partial charge on any atom is -0.339 e. The number of hydrogen-bond acceptors (Lipinski definition) is 5. The molecule has 182 valence electrons. The third-order valence-corrected chi connectivity index (χ3v) is 8.03. The average molecular weight is 490 g/mol. The average Bonchev–Trinajstić information content (AvgIpc) is 3.28. The van der Waals surface area contributed by atoms with Crippen LogP contribution in [0, 0.1) is 13.8 Å². The van der Waals surface area contributed by atoms with E-state index < -0.39 is 0 Å². The molecule has 2 aromatic carbocycles. The zero-order chi connectivity index (χ0) is 24.7. The van der Waals surface area contributed by atoms with E-state index in [9.17, 15) is 9.59 Å². The van der Waals surface area contributed by atoms with Crippen LogP contribution in [0.3, 0.4) is 0 Å². The molecule has 0 N–H and O–H groups in total. The highest BCUT2D eigenvalue weighted by Gasteiger charge is 2.30. The van der Waals surface area contributed by atoms with Crippen LogP contribution in [-0.2, 0) is 4.79 Å². The van der Waals surface area contributed by atoms with E-state index in [0.29, 0.717) is 22.4 Å². The van der Waals surface area contributed by atoms with Gasteiger partial charge in [0.25, 0.3) is 5.56 Å². The monoisotopic (exact) mass is 489 g/mol. The van der Waals surface area contributed by atoms with E-state index in [1.807, 2.05) is 66.5 Å². The zero-order valence-electron chi connectivity index (χ0n) is 20.7. The van der Waals surface area contributed by atoms with Crippen molar-refractivity contribution >= 4 is 34.3 Å². The van der Waals surface area contributed by atoms with Crippen LogP contribution in [0.2, 0.25) is 0 Å². The molecule has 1 aliphatic heterocycles. The Balaban J connectivity index is 1.62. The maximum absolute atomic E-state index is 13.6. The van der Waals surface area contributed by atoms with E-state index in [4.69, 9.17) is 0 Å². The van der Waals surface area contributed by atoms with Crippen molar-refractivity contribution in [3.63, 3.8) is 0 Å². The molecule has 1 amide bonds. The number of nitrogens with zero attached hydrogens (tertiary/aromatic N) is 5. The van der Waals surface area contributed by atoms with Gasteiger partial charge in [0, 0.05) is 12.6 Å². The number of piperidine rings is 1. The molecule has 2 aromatic heterocycles. The summed E-state index contributed by atoms with van der Waals surface area (Å²) in [5, 5.41) is 9.81. The Kier molecular flexibility index (Phi) is 6.40. The standard InChI is InChI=1S/C27H31N5O2S/c1-5-20-10-8-9-15-30(20)24(33)19(4)35-27-29-28-26-31(22-14-13-17(2)16-18(22)3)25(34)21-11-6-7-12-23(21)32(26)27/h6-7,11-14,16,19-20H,5,8-10,15H2,1-4H3. The lowest BCUT2D eigenvalue weighted by atomic mass is 10.00. The number of rotatable bonds is 5. The first kappa shape index (κ1) is 23.6. The summed E-state index contributed by atoms with van der Waals surface area (Å²) in [4.78, 5) is 29.1. The van der Waals surface area contributed by atoms with E-state index in [1.54, 1.807) is 4.57 Å². The van der Waals surface area contributed by atoms with E-state index in [2.05, 4.69) is 23.2 Å². The van der Waals surface area contributed by atoms with Crippen LogP contribution in [0.25, 0.3) is 22.4 Å². The van der Waals surface area contributed by atoms with Crippen LogP contribution >= 0.6 is 11.8 Å². The van der Waals surface area contributed by atoms with Gasteiger partial charge >= 0.3 is 0 Å². The van der Waals surface area contributed by atoms with Gasteiger partial charge in [0.05, 0.1) is 21.8 Å². The lowest BCUT2D eigenvalue weighted by Gasteiger charge is -2.36. The number of aromatic nitrogens is 4. The molecule has 0 radical (unpaired) electrons. The summed E-state index contributed by atoms with van der Waals surface area (Å²) in [6.45, 7) is 8.94. The number of aryl methyl sites for hydroxylation is 2. The van der Waals surface area contributed by atoms with Gasteiger partial charge in [0.15, 0.2) is 5.16 Å². The predicted octanol–water partition coefficient (Wildman–Crippen LogP) is 4.92. The van der Waals surface area contributed by atoms with Crippen molar-refractivity contribution in [2.24, 2.45) is 0 Å². The van der Waals surface area contributed by atoms with Crippen molar-refractivity contribution < 1.29 is 4.79 Å².